The number of carbonyl (C=O) groups excluding carboxylic acids is 1. The molecule has 80 valence electrons. The summed E-state index contributed by atoms with van der Waals surface area (Å²) < 4.78 is 30.5. The van der Waals surface area contributed by atoms with E-state index >= 15 is 0 Å². The maximum atomic E-state index is 12.9. The highest BCUT2D eigenvalue weighted by atomic mass is 19.2. The van der Waals surface area contributed by atoms with Crippen LogP contribution in [0.15, 0.2) is 18.2 Å². The van der Waals surface area contributed by atoms with Crippen LogP contribution < -0.4 is 5.32 Å². The van der Waals surface area contributed by atoms with Crippen LogP contribution >= 0.6 is 0 Å². The van der Waals surface area contributed by atoms with Gasteiger partial charge >= 0.3 is 6.09 Å². The van der Waals surface area contributed by atoms with Crippen molar-refractivity contribution >= 4 is 6.09 Å². The lowest BCUT2D eigenvalue weighted by Gasteiger charge is -2.12. The van der Waals surface area contributed by atoms with Crippen LogP contribution in [-0.2, 0) is 4.74 Å². The number of rotatable bonds is 1. The third-order valence-electron chi connectivity index (χ3n) is 2.31. The summed E-state index contributed by atoms with van der Waals surface area (Å²) in [6.45, 7) is 1.73. The molecule has 0 aliphatic carbocycles. The second-order valence-electron chi connectivity index (χ2n) is 3.43. The van der Waals surface area contributed by atoms with Crippen LogP contribution in [0.4, 0.5) is 13.6 Å². The lowest BCUT2D eigenvalue weighted by atomic mass is 10.0. The SMILES string of the molecule is C[C@H]1NC(=O)O[C@H]1c1ccc(F)c(F)c1. The number of alkyl carbamates (subject to hydrolysis) is 1. The van der Waals surface area contributed by atoms with Crippen molar-refractivity contribution < 1.29 is 18.3 Å². The fourth-order valence-corrected chi connectivity index (χ4v) is 1.56. The van der Waals surface area contributed by atoms with E-state index in [9.17, 15) is 13.6 Å². The first-order valence-electron chi connectivity index (χ1n) is 4.50. The first-order valence-corrected chi connectivity index (χ1v) is 4.50. The molecule has 15 heavy (non-hydrogen) atoms. The van der Waals surface area contributed by atoms with E-state index < -0.39 is 23.8 Å². The van der Waals surface area contributed by atoms with E-state index in [1.54, 1.807) is 6.92 Å². The summed E-state index contributed by atoms with van der Waals surface area (Å²) in [5.41, 5.74) is 0.444. The van der Waals surface area contributed by atoms with Crippen LogP contribution in [0.5, 0.6) is 0 Å². The summed E-state index contributed by atoms with van der Waals surface area (Å²) in [4.78, 5) is 10.9. The zero-order chi connectivity index (χ0) is 11.0. The van der Waals surface area contributed by atoms with Gasteiger partial charge in [0.15, 0.2) is 11.6 Å². The molecule has 1 N–H and O–H groups in total. The van der Waals surface area contributed by atoms with E-state index in [2.05, 4.69) is 5.32 Å². The molecule has 0 aromatic heterocycles. The molecule has 0 unspecified atom stereocenters. The molecule has 0 radical (unpaired) electrons. The molecular weight excluding hydrogens is 204 g/mol. The molecule has 0 spiro atoms. The van der Waals surface area contributed by atoms with E-state index in [4.69, 9.17) is 4.74 Å². The molecule has 1 saturated heterocycles. The number of halogens is 2. The summed E-state index contributed by atoms with van der Waals surface area (Å²) in [6.07, 6.45) is -1.11. The molecule has 1 aliphatic heterocycles. The predicted molar refractivity (Wildman–Crippen MR) is 48.2 cm³/mol. The molecule has 0 saturated carbocycles. The summed E-state index contributed by atoms with van der Waals surface area (Å²) in [6, 6.07) is 3.21. The van der Waals surface area contributed by atoms with Crippen molar-refractivity contribution in [1.29, 1.82) is 0 Å². The number of benzene rings is 1. The van der Waals surface area contributed by atoms with Gasteiger partial charge in [0.2, 0.25) is 0 Å². The smallest absolute Gasteiger partial charge is 0.408 e. The second kappa shape index (κ2) is 3.49. The highest BCUT2D eigenvalue weighted by molar-refractivity contribution is 5.70. The monoisotopic (exact) mass is 213 g/mol. The Morgan fingerprint density at radius 2 is 2.07 bits per heavy atom. The Morgan fingerprint density at radius 1 is 1.33 bits per heavy atom. The Hall–Kier alpha value is -1.65. The Balaban J connectivity index is 2.30. The molecule has 1 aromatic rings. The lowest BCUT2D eigenvalue weighted by molar-refractivity contribution is 0.133. The van der Waals surface area contributed by atoms with Crippen LogP contribution in [-0.4, -0.2) is 12.1 Å². The molecule has 1 fully saturated rings. The second-order valence-corrected chi connectivity index (χ2v) is 3.43. The number of hydrogen-bond acceptors (Lipinski definition) is 2. The molecule has 5 heteroatoms. The predicted octanol–water partition coefficient (Wildman–Crippen LogP) is 2.13. The van der Waals surface area contributed by atoms with E-state index in [1.165, 1.54) is 6.07 Å². The number of ether oxygens (including phenoxy) is 1. The normalized spacial score (nSPS) is 24.9. The van der Waals surface area contributed by atoms with Crippen molar-refractivity contribution in [3.8, 4) is 0 Å². The highest BCUT2D eigenvalue weighted by Gasteiger charge is 2.32. The molecule has 1 aromatic carbocycles. The number of amides is 1. The zero-order valence-electron chi connectivity index (χ0n) is 7.96. The first kappa shape index (κ1) is 9.89. The summed E-state index contributed by atoms with van der Waals surface area (Å²) >= 11 is 0. The van der Waals surface area contributed by atoms with E-state index in [1.807, 2.05) is 0 Å². The fourth-order valence-electron chi connectivity index (χ4n) is 1.56. The van der Waals surface area contributed by atoms with E-state index in [-0.39, 0.29) is 6.04 Å². The van der Waals surface area contributed by atoms with Crippen LogP contribution in [0.3, 0.4) is 0 Å². The topological polar surface area (TPSA) is 38.3 Å². The van der Waals surface area contributed by atoms with Crippen LogP contribution in [0.25, 0.3) is 0 Å². The van der Waals surface area contributed by atoms with Crippen LogP contribution in [0, 0.1) is 11.6 Å². The van der Waals surface area contributed by atoms with E-state index in [0.717, 1.165) is 12.1 Å². The number of cyclic esters (lactones) is 1. The van der Waals surface area contributed by atoms with Crippen molar-refractivity contribution in [1.82, 2.24) is 5.32 Å². The van der Waals surface area contributed by atoms with Crippen LogP contribution in [0.2, 0.25) is 0 Å². The van der Waals surface area contributed by atoms with Gasteiger partial charge in [0, 0.05) is 0 Å². The van der Waals surface area contributed by atoms with Gasteiger partial charge in [-0.1, -0.05) is 6.07 Å². The first-order chi connectivity index (χ1) is 7.08. The Kier molecular flexibility index (Phi) is 2.30. The standard InChI is InChI=1S/C10H9F2NO2/c1-5-9(15-10(14)13-5)6-2-3-7(11)8(12)4-6/h2-5,9H,1H3,(H,13,14)/t5-,9-/m1/s1. The Morgan fingerprint density at radius 3 is 2.60 bits per heavy atom. The van der Waals surface area contributed by atoms with Gasteiger partial charge in [-0.15, -0.1) is 0 Å². The molecule has 1 aliphatic rings. The summed E-state index contributed by atoms with van der Waals surface area (Å²) in [5.74, 6) is -1.86. The largest absolute Gasteiger partial charge is 0.439 e. The van der Waals surface area contributed by atoms with Crippen molar-refractivity contribution in [3.63, 3.8) is 0 Å². The molecule has 2 atom stereocenters. The minimum Gasteiger partial charge on any atom is -0.439 e. The van der Waals surface area contributed by atoms with Crippen molar-refractivity contribution in [2.45, 2.75) is 19.1 Å². The summed E-state index contributed by atoms with van der Waals surface area (Å²) in [7, 11) is 0. The summed E-state index contributed by atoms with van der Waals surface area (Å²) in [5, 5.41) is 2.52. The van der Waals surface area contributed by atoms with Crippen molar-refractivity contribution in [2.75, 3.05) is 0 Å². The molecule has 1 amide bonds. The van der Waals surface area contributed by atoms with Gasteiger partial charge in [-0.25, -0.2) is 13.6 Å². The molecule has 2 rings (SSSR count). The fraction of sp³-hybridized carbons (Fsp3) is 0.300. The quantitative estimate of drug-likeness (QED) is 0.776. The molecule has 1 heterocycles. The number of carbonyl (C=O) groups is 1. The van der Waals surface area contributed by atoms with Gasteiger partial charge in [0.25, 0.3) is 0 Å². The Labute approximate surface area is 85.0 Å². The van der Waals surface area contributed by atoms with Crippen LogP contribution in [0.1, 0.15) is 18.6 Å². The lowest BCUT2D eigenvalue weighted by Crippen LogP contribution is -2.23. The Bertz CT molecular complexity index is 408. The van der Waals surface area contributed by atoms with Gasteiger partial charge in [0.1, 0.15) is 6.10 Å². The van der Waals surface area contributed by atoms with Crippen molar-refractivity contribution in [2.24, 2.45) is 0 Å². The highest BCUT2D eigenvalue weighted by Crippen LogP contribution is 2.26. The van der Waals surface area contributed by atoms with Gasteiger partial charge in [-0.2, -0.15) is 0 Å². The number of nitrogens with one attached hydrogen (secondary N) is 1. The minimum atomic E-state index is -0.942. The van der Waals surface area contributed by atoms with Gasteiger partial charge in [0.05, 0.1) is 6.04 Å². The molecular formula is C10H9F2NO2. The van der Waals surface area contributed by atoms with Gasteiger partial charge in [-0.05, 0) is 24.6 Å². The molecule has 0 bridgehead atoms. The maximum Gasteiger partial charge on any atom is 0.408 e. The van der Waals surface area contributed by atoms with Gasteiger partial charge in [-0.3, -0.25) is 0 Å². The number of hydrogen-bond donors (Lipinski definition) is 1. The average molecular weight is 213 g/mol. The minimum absolute atomic E-state index is 0.248. The van der Waals surface area contributed by atoms with E-state index in [0.29, 0.717) is 5.56 Å². The third kappa shape index (κ3) is 1.77. The average Bonchev–Trinajstić information content (AvgIpc) is 2.50. The third-order valence-corrected chi connectivity index (χ3v) is 2.31. The zero-order valence-corrected chi connectivity index (χ0v) is 7.96. The van der Waals surface area contributed by atoms with Crippen molar-refractivity contribution in [3.05, 3.63) is 35.4 Å². The van der Waals surface area contributed by atoms with Gasteiger partial charge < -0.3 is 10.1 Å². The molecule has 3 nitrogen and oxygen atoms in total. The maximum absolute atomic E-state index is 12.9.